The van der Waals surface area contributed by atoms with E-state index in [4.69, 9.17) is 14.2 Å². The number of ether oxygens (including phenoxy) is 4. The van der Waals surface area contributed by atoms with Crippen LogP contribution in [-0.4, -0.2) is 114 Å². The largest absolute Gasteiger partial charge is 0.573 e. The van der Waals surface area contributed by atoms with E-state index in [9.17, 15) is 33.6 Å². The molecule has 7 N–H and O–H groups in total. The molecule has 3 aliphatic rings. The zero-order chi connectivity index (χ0) is 27.9. The van der Waals surface area contributed by atoms with Crippen LogP contribution in [0.2, 0.25) is 0 Å². The zero-order valence-corrected chi connectivity index (χ0v) is 21.3. The second-order valence-corrected chi connectivity index (χ2v) is 10.1. The SMILES string of the molecule is CN[C@@H]1[C@H](O)[C@H](NC)C2OC3(O)C(O[C@H](C)CC3(O)CNCCc3ccc(OC(F)(F)F)cc3)O[C@@H]2[C@H]1O. The van der Waals surface area contributed by atoms with Crippen molar-refractivity contribution in [2.45, 2.75) is 86.4 Å². The molecule has 0 radical (unpaired) electrons. The van der Waals surface area contributed by atoms with Crippen molar-refractivity contribution in [3.63, 3.8) is 0 Å². The molecule has 1 saturated carbocycles. The van der Waals surface area contributed by atoms with E-state index in [1.54, 1.807) is 21.0 Å². The molecular weight excluding hydrogens is 515 g/mol. The number of aliphatic hydroxyl groups excluding tert-OH is 2. The van der Waals surface area contributed by atoms with Gasteiger partial charge in [-0.1, -0.05) is 12.1 Å². The molecule has 38 heavy (non-hydrogen) atoms. The van der Waals surface area contributed by atoms with Gasteiger partial charge in [-0.25, -0.2) is 0 Å². The molecule has 4 unspecified atom stereocenters. The Morgan fingerprint density at radius 2 is 1.66 bits per heavy atom. The monoisotopic (exact) mass is 551 g/mol. The van der Waals surface area contributed by atoms with E-state index in [-0.39, 0.29) is 18.7 Å². The summed E-state index contributed by atoms with van der Waals surface area (Å²) in [4.78, 5) is 0. The van der Waals surface area contributed by atoms with Gasteiger partial charge in [0.25, 0.3) is 0 Å². The van der Waals surface area contributed by atoms with Crippen molar-refractivity contribution in [1.29, 1.82) is 0 Å². The number of halogens is 3. The van der Waals surface area contributed by atoms with Gasteiger partial charge in [-0.3, -0.25) is 0 Å². The topological polar surface area (TPSA) is 154 Å². The number of hydrogen-bond acceptors (Lipinski definition) is 11. The molecule has 2 saturated heterocycles. The Bertz CT molecular complexity index is 943. The standard InChI is InChI=1S/C24H36F3N3O8/c1-12-10-22(33,11-30-9-8-13-4-6-14(7-5-13)37-24(25,26)27)23(34)21(35-12)36-20-18(32)15(28-2)17(31)16(29-3)19(20)38-23/h4-7,12,15-21,28-34H,8-11H2,1-3H3/t12-,15-,16+,17+,18+,19?,20-,21?,22?,23?/m1/s1. The fraction of sp³-hybridized carbons (Fsp3) is 0.750. The van der Waals surface area contributed by atoms with Crippen LogP contribution in [0.3, 0.4) is 0 Å². The van der Waals surface area contributed by atoms with E-state index in [2.05, 4.69) is 20.7 Å². The maximum atomic E-state index is 12.3. The summed E-state index contributed by atoms with van der Waals surface area (Å²) in [6.45, 7) is 1.90. The first-order valence-electron chi connectivity index (χ1n) is 12.5. The molecule has 1 aromatic carbocycles. The fourth-order valence-electron chi connectivity index (χ4n) is 5.61. The van der Waals surface area contributed by atoms with Gasteiger partial charge in [0.2, 0.25) is 12.1 Å². The molecular formula is C24H36F3N3O8. The Labute approximate surface area is 218 Å². The van der Waals surface area contributed by atoms with E-state index in [1.165, 1.54) is 24.3 Å². The third-order valence-electron chi connectivity index (χ3n) is 7.51. The summed E-state index contributed by atoms with van der Waals surface area (Å²) >= 11 is 0. The highest BCUT2D eigenvalue weighted by atomic mass is 19.4. The summed E-state index contributed by atoms with van der Waals surface area (Å²) in [5.41, 5.74) is -1.14. The Morgan fingerprint density at radius 1 is 1.00 bits per heavy atom. The van der Waals surface area contributed by atoms with Crippen molar-refractivity contribution in [3.8, 4) is 5.75 Å². The summed E-state index contributed by atoms with van der Waals surface area (Å²) in [6, 6.07) is 3.97. The number of hydrogen-bond donors (Lipinski definition) is 7. The molecule has 0 bridgehead atoms. The van der Waals surface area contributed by atoms with Gasteiger partial charge in [0.05, 0.1) is 24.3 Å². The van der Waals surface area contributed by atoms with Gasteiger partial charge in [0.15, 0.2) is 0 Å². The van der Waals surface area contributed by atoms with Gasteiger partial charge in [-0.2, -0.15) is 0 Å². The molecule has 0 aromatic heterocycles. The first-order chi connectivity index (χ1) is 17.8. The smallest absolute Gasteiger partial charge is 0.406 e. The highest BCUT2D eigenvalue weighted by molar-refractivity contribution is 5.27. The number of likely N-dealkylation sites (N-methyl/N-ethyl adjacent to an activating group) is 2. The van der Waals surface area contributed by atoms with Crippen LogP contribution in [0.1, 0.15) is 18.9 Å². The second kappa shape index (κ2) is 11.1. The van der Waals surface area contributed by atoms with Crippen molar-refractivity contribution in [1.82, 2.24) is 16.0 Å². The molecule has 0 amide bonds. The van der Waals surface area contributed by atoms with Gasteiger partial charge in [-0.15, -0.1) is 13.2 Å². The number of benzene rings is 1. The average molecular weight is 552 g/mol. The maximum Gasteiger partial charge on any atom is 0.573 e. The van der Waals surface area contributed by atoms with E-state index >= 15 is 0 Å². The number of aliphatic hydroxyl groups is 4. The molecule has 0 spiro atoms. The average Bonchev–Trinajstić information content (AvgIpc) is 2.83. The van der Waals surface area contributed by atoms with E-state index in [0.717, 1.165) is 5.56 Å². The zero-order valence-electron chi connectivity index (χ0n) is 21.3. The summed E-state index contributed by atoms with van der Waals surface area (Å²) in [7, 11) is 3.20. The lowest BCUT2D eigenvalue weighted by atomic mass is 9.77. The molecule has 11 nitrogen and oxygen atoms in total. The summed E-state index contributed by atoms with van der Waals surface area (Å²) in [5, 5.41) is 53.8. The van der Waals surface area contributed by atoms with Crippen LogP contribution in [0, 0.1) is 0 Å². The first kappa shape index (κ1) is 29.4. The molecule has 3 fully saturated rings. The van der Waals surface area contributed by atoms with E-state index in [0.29, 0.717) is 13.0 Å². The highest BCUT2D eigenvalue weighted by Crippen LogP contribution is 2.46. The molecule has 4 rings (SSSR count). The van der Waals surface area contributed by atoms with Crippen molar-refractivity contribution in [2.24, 2.45) is 0 Å². The Hall–Kier alpha value is -1.59. The summed E-state index contributed by atoms with van der Waals surface area (Å²) in [6.07, 6.45) is -10.6. The minimum Gasteiger partial charge on any atom is -0.406 e. The second-order valence-electron chi connectivity index (χ2n) is 10.1. The lowest BCUT2D eigenvalue weighted by Crippen LogP contribution is -2.81. The lowest BCUT2D eigenvalue weighted by molar-refractivity contribution is -0.482. The highest BCUT2D eigenvalue weighted by Gasteiger charge is 2.68. The normalized spacial score (nSPS) is 41.3. The molecule has 1 aromatic rings. The summed E-state index contributed by atoms with van der Waals surface area (Å²) in [5.74, 6) is -2.65. The van der Waals surface area contributed by atoms with Crippen LogP contribution in [0.4, 0.5) is 13.2 Å². The number of nitrogens with one attached hydrogen (secondary N) is 3. The van der Waals surface area contributed by atoms with Crippen LogP contribution < -0.4 is 20.7 Å². The quantitative estimate of drug-likeness (QED) is 0.199. The molecule has 2 heterocycles. The Kier molecular flexibility index (Phi) is 8.60. The molecule has 1 aliphatic carbocycles. The van der Waals surface area contributed by atoms with Crippen LogP contribution in [-0.2, 0) is 20.6 Å². The Morgan fingerprint density at radius 3 is 2.26 bits per heavy atom. The van der Waals surface area contributed by atoms with Crippen molar-refractivity contribution in [2.75, 3.05) is 27.2 Å². The van der Waals surface area contributed by atoms with E-state index < -0.39 is 66.6 Å². The third-order valence-corrected chi connectivity index (χ3v) is 7.51. The molecule has 2 aliphatic heterocycles. The molecule has 10 atom stereocenters. The van der Waals surface area contributed by atoms with Gasteiger partial charge in [0, 0.05) is 13.0 Å². The minimum absolute atomic E-state index is 0.00824. The van der Waals surface area contributed by atoms with Crippen LogP contribution in [0.15, 0.2) is 24.3 Å². The van der Waals surface area contributed by atoms with Crippen LogP contribution in [0.5, 0.6) is 5.75 Å². The third kappa shape index (κ3) is 5.66. The van der Waals surface area contributed by atoms with Crippen LogP contribution >= 0.6 is 0 Å². The number of fused-ring (bicyclic) bond motifs is 2. The van der Waals surface area contributed by atoms with Gasteiger partial charge >= 0.3 is 6.36 Å². The predicted octanol–water partition coefficient (Wildman–Crippen LogP) is -1.03. The minimum atomic E-state index is -4.77. The maximum absolute atomic E-state index is 12.3. The van der Waals surface area contributed by atoms with Gasteiger partial charge in [0.1, 0.15) is 29.7 Å². The molecule has 14 heteroatoms. The van der Waals surface area contributed by atoms with Crippen molar-refractivity contribution >= 4 is 0 Å². The fourth-order valence-corrected chi connectivity index (χ4v) is 5.61. The van der Waals surface area contributed by atoms with Gasteiger partial charge < -0.3 is 55.3 Å². The lowest BCUT2D eigenvalue weighted by Gasteiger charge is -2.60. The molecule has 216 valence electrons. The number of alkyl halides is 3. The van der Waals surface area contributed by atoms with Crippen molar-refractivity contribution < 1.29 is 52.5 Å². The number of rotatable bonds is 8. The Balaban J connectivity index is 1.43. The van der Waals surface area contributed by atoms with Crippen molar-refractivity contribution in [3.05, 3.63) is 29.8 Å². The van der Waals surface area contributed by atoms with Crippen LogP contribution in [0.25, 0.3) is 0 Å². The predicted molar refractivity (Wildman–Crippen MR) is 126 cm³/mol. The van der Waals surface area contributed by atoms with E-state index in [1.807, 2.05) is 0 Å². The first-order valence-corrected chi connectivity index (χ1v) is 12.5. The van der Waals surface area contributed by atoms with Gasteiger partial charge in [-0.05, 0) is 51.7 Å². The summed E-state index contributed by atoms with van der Waals surface area (Å²) < 4.78 is 58.7.